The first kappa shape index (κ1) is 26.2. The van der Waals surface area contributed by atoms with Gasteiger partial charge in [0.1, 0.15) is 0 Å². The second kappa shape index (κ2) is 11.5. The van der Waals surface area contributed by atoms with Crippen LogP contribution in [0, 0.1) is 11.3 Å². The van der Waals surface area contributed by atoms with Gasteiger partial charge in [-0.3, -0.25) is 4.79 Å². The normalized spacial score (nSPS) is 26.2. The van der Waals surface area contributed by atoms with Crippen LogP contribution in [-0.2, 0) is 22.4 Å². The largest absolute Gasteiger partial charge is 0.469 e. The number of rotatable bonds is 10. The third kappa shape index (κ3) is 5.76. The van der Waals surface area contributed by atoms with Crippen molar-refractivity contribution >= 4 is 17.6 Å². The van der Waals surface area contributed by atoms with E-state index in [-0.39, 0.29) is 28.6 Å². The standard InChI is InChI=1S/C30H39ClO4/c1-3-13-30(14-6-15-30)29(34)23-10-5-9-22(18-23)28-24(25(31)19-26(28)32)17-21-8-4-7-20(16-21)11-12-27(33)35-2/h4-5,7-10,16,18,24-26,28-29,32,34H,3,6,11-15,17,19H2,1-2H3/t24-,25-,26+,28+,29?/m0/s1. The van der Waals surface area contributed by atoms with E-state index in [9.17, 15) is 15.0 Å². The molecule has 0 bridgehead atoms. The van der Waals surface area contributed by atoms with E-state index in [2.05, 4.69) is 31.2 Å². The number of halogens is 1. The summed E-state index contributed by atoms with van der Waals surface area (Å²) in [5.74, 6) is -0.199. The number of ether oxygens (including phenoxy) is 1. The van der Waals surface area contributed by atoms with Gasteiger partial charge in [-0.2, -0.15) is 0 Å². The summed E-state index contributed by atoms with van der Waals surface area (Å²) in [6, 6.07) is 16.5. The lowest BCUT2D eigenvalue weighted by atomic mass is 9.61. The predicted molar refractivity (Wildman–Crippen MR) is 140 cm³/mol. The summed E-state index contributed by atoms with van der Waals surface area (Å²) in [4.78, 5) is 11.5. The highest BCUT2D eigenvalue weighted by Crippen LogP contribution is 2.54. The lowest BCUT2D eigenvalue weighted by molar-refractivity contribution is -0.140. The first-order chi connectivity index (χ1) is 16.9. The Balaban J connectivity index is 1.54. The van der Waals surface area contributed by atoms with Gasteiger partial charge in [0.15, 0.2) is 0 Å². The number of aryl methyl sites for hydroxylation is 1. The molecule has 2 N–H and O–H groups in total. The average Bonchev–Trinajstić information content (AvgIpc) is 3.12. The average molecular weight is 499 g/mol. The molecule has 1 unspecified atom stereocenters. The predicted octanol–water partition coefficient (Wildman–Crippen LogP) is 6.11. The zero-order valence-corrected chi connectivity index (χ0v) is 21.7. The molecule has 190 valence electrons. The molecule has 2 saturated carbocycles. The Morgan fingerprint density at radius 2 is 1.91 bits per heavy atom. The van der Waals surface area contributed by atoms with Gasteiger partial charge < -0.3 is 14.9 Å². The minimum atomic E-state index is -0.509. The van der Waals surface area contributed by atoms with Crippen molar-refractivity contribution in [2.24, 2.45) is 11.3 Å². The molecule has 2 aliphatic rings. The monoisotopic (exact) mass is 498 g/mol. The molecule has 0 amide bonds. The topological polar surface area (TPSA) is 66.8 Å². The summed E-state index contributed by atoms with van der Waals surface area (Å²) >= 11 is 6.81. The molecule has 0 heterocycles. The van der Waals surface area contributed by atoms with Crippen molar-refractivity contribution in [3.05, 3.63) is 70.8 Å². The minimum Gasteiger partial charge on any atom is -0.469 e. The summed E-state index contributed by atoms with van der Waals surface area (Å²) in [7, 11) is 1.41. The second-order valence-corrected chi connectivity index (χ2v) is 11.2. The first-order valence-corrected chi connectivity index (χ1v) is 13.5. The van der Waals surface area contributed by atoms with E-state index < -0.39 is 12.2 Å². The highest BCUT2D eigenvalue weighted by molar-refractivity contribution is 6.21. The summed E-state index contributed by atoms with van der Waals surface area (Å²) in [5.41, 5.74) is 4.29. The van der Waals surface area contributed by atoms with Crippen molar-refractivity contribution in [2.75, 3.05) is 7.11 Å². The Morgan fingerprint density at radius 1 is 1.17 bits per heavy atom. The SMILES string of the molecule is CCCC1(C(O)c2cccc([C@@H]3[C@@H](Cc4cccc(CCC(=O)OC)c4)[C@@H](Cl)C[C@H]3O)c2)CCC1. The van der Waals surface area contributed by atoms with Gasteiger partial charge in [-0.15, -0.1) is 11.6 Å². The Kier molecular flexibility index (Phi) is 8.57. The summed E-state index contributed by atoms with van der Waals surface area (Å²) in [6.07, 6.45) is 6.81. The fraction of sp³-hybridized carbons (Fsp3) is 0.567. The summed E-state index contributed by atoms with van der Waals surface area (Å²) < 4.78 is 4.77. The van der Waals surface area contributed by atoms with E-state index in [1.165, 1.54) is 13.5 Å². The van der Waals surface area contributed by atoms with Gasteiger partial charge >= 0.3 is 5.97 Å². The van der Waals surface area contributed by atoms with Crippen LogP contribution < -0.4 is 0 Å². The molecule has 4 nitrogen and oxygen atoms in total. The van der Waals surface area contributed by atoms with Gasteiger partial charge in [-0.25, -0.2) is 0 Å². The molecule has 35 heavy (non-hydrogen) atoms. The molecule has 0 radical (unpaired) electrons. The van der Waals surface area contributed by atoms with Gasteiger partial charge in [0.25, 0.3) is 0 Å². The molecule has 4 rings (SSSR count). The molecular formula is C30H39ClO4. The van der Waals surface area contributed by atoms with Crippen LogP contribution >= 0.6 is 11.6 Å². The van der Waals surface area contributed by atoms with Crippen LogP contribution in [0.25, 0.3) is 0 Å². The quantitative estimate of drug-likeness (QED) is 0.306. The highest BCUT2D eigenvalue weighted by Gasteiger charge is 2.45. The van der Waals surface area contributed by atoms with Gasteiger partial charge in [0.2, 0.25) is 0 Å². The number of esters is 1. The van der Waals surface area contributed by atoms with E-state index >= 15 is 0 Å². The Bertz CT molecular complexity index is 1000. The zero-order valence-electron chi connectivity index (χ0n) is 21.0. The number of hydrogen-bond donors (Lipinski definition) is 2. The van der Waals surface area contributed by atoms with Crippen LogP contribution in [0.1, 0.15) is 86.1 Å². The maximum atomic E-state index is 11.5. The van der Waals surface area contributed by atoms with E-state index in [0.29, 0.717) is 19.3 Å². The van der Waals surface area contributed by atoms with Crippen molar-refractivity contribution in [3.63, 3.8) is 0 Å². The molecule has 2 aliphatic carbocycles. The van der Waals surface area contributed by atoms with Gasteiger partial charge in [0, 0.05) is 23.1 Å². The summed E-state index contributed by atoms with van der Waals surface area (Å²) in [6.45, 7) is 2.19. The van der Waals surface area contributed by atoms with Crippen LogP contribution in [0.2, 0.25) is 0 Å². The number of methoxy groups -OCH3 is 1. The smallest absolute Gasteiger partial charge is 0.305 e. The van der Waals surface area contributed by atoms with E-state index in [4.69, 9.17) is 16.3 Å². The fourth-order valence-electron chi connectivity index (χ4n) is 6.40. The molecule has 0 saturated heterocycles. The maximum absolute atomic E-state index is 11.5. The molecular weight excluding hydrogens is 460 g/mol. The fourth-order valence-corrected chi connectivity index (χ4v) is 6.83. The minimum absolute atomic E-state index is 0.000719. The number of carbonyl (C=O) groups excluding carboxylic acids is 1. The molecule has 2 aromatic rings. The molecule has 0 aromatic heterocycles. The molecule has 0 aliphatic heterocycles. The van der Waals surface area contributed by atoms with Crippen LogP contribution in [0.5, 0.6) is 0 Å². The zero-order chi connectivity index (χ0) is 25.0. The number of benzene rings is 2. The lowest BCUT2D eigenvalue weighted by Gasteiger charge is -2.46. The highest BCUT2D eigenvalue weighted by atomic mass is 35.5. The van der Waals surface area contributed by atoms with E-state index in [0.717, 1.165) is 54.4 Å². The number of carbonyl (C=O) groups is 1. The van der Waals surface area contributed by atoms with Crippen molar-refractivity contribution in [3.8, 4) is 0 Å². The van der Waals surface area contributed by atoms with Crippen molar-refractivity contribution < 1.29 is 19.7 Å². The van der Waals surface area contributed by atoms with Crippen LogP contribution in [0.3, 0.4) is 0 Å². The third-order valence-electron chi connectivity index (χ3n) is 8.40. The third-order valence-corrected chi connectivity index (χ3v) is 8.91. The van der Waals surface area contributed by atoms with Crippen LogP contribution in [0.15, 0.2) is 48.5 Å². The summed E-state index contributed by atoms with van der Waals surface area (Å²) in [5, 5.41) is 22.2. The van der Waals surface area contributed by atoms with E-state index in [1.54, 1.807) is 0 Å². The molecule has 0 spiro atoms. The Labute approximate surface area is 214 Å². The number of aliphatic hydroxyl groups is 2. The van der Waals surface area contributed by atoms with Crippen molar-refractivity contribution in [1.29, 1.82) is 0 Å². The maximum Gasteiger partial charge on any atom is 0.305 e. The first-order valence-electron chi connectivity index (χ1n) is 13.1. The Morgan fingerprint density at radius 3 is 2.60 bits per heavy atom. The van der Waals surface area contributed by atoms with Gasteiger partial charge in [-0.1, -0.05) is 68.3 Å². The number of aliphatic hydroxyl groups excluding tert-OH is 2. The van der Waals surface area contributed by atoms with Gasteiger partial charge in [-0.05, 0) is 66.7 Å². The lowest BCUT2D eigenvalue weighted by Crippen LogP contribution is -2.36. The van der Waals surface area contributed by atoms with E-state index in [1.807, 2.05) is 24.3 Å². The number of alkyl halides is 1. The van der Waals surface area contributed by atoms with Crippen molar-refractivity contribution in [1.82, 2.24) is 0 Å². The number of hydrogen-bond acceptors (Lipinski definition) is 4. The second-order valence-electron chi connectivity index (χ2n) is 10.6. The van der Waals surface area contributed by atoms with Crippen molar-refractivity contribution in [2.45, 2.75) is 88.2 Å². The van der Waals surface area contributed by atoms with Gasteiger partial charge in [0.05, 0.1) is 19.3 Å². The molecule has 2 fully saturated rings. The molecule has 5 atom stereocenters. The van der Waals surface area contributed by atoms with Crippen LogP contribution in [0.4, 0.5) is 0 Å². The van der Waals surface area contributed by atoms with Crippen LogP contribution in [-0.4, -0.2) is 34.8 Å². The Hall–Kier alpha value is -1.88. The molecule has 5 heteroatoms. The molecule has 2 aromatic carbocycles.